The van der Waals surface area contributed by atoms with Gasteiger partial charge in [0.15, 0.2) is 9.32 Å². The van der Waals surface area contributed by atoms with Crippen LogP contribution >= 0.6 is 0 Å². The summed E-state index contributed by atoms with van der Waals surface area (Å²) >= 11 is -0.198. The molecule has 0 aliphatic heterocycles. The number of halogens is 1. The van der Waals surface area contributed by atoms with Crippen LogP contribution in [0, 0.1) is 7.14 Å². The Kier molecular flexibility index (Phi) is 4.25. The summed E-state index contributed by atoms with van der Waals surface area (Å²) in [4.78, 5) is 0. The molecule has 2 rings (SSSR count). The number of hydrogen-bond acceptors (Lipinski definition) is 2. The minimum atomic E-state index is -0.198. The maximum absolute atomic E-state index is 5.41. The molecule has 0 atom stereocenters. The lowest BCUT2D eigenvalue weighted by atomic mass is 10.3. The highest BCUT2D eigenvalue weighted by molar-refractivity contribution is 5.32. The third kappa shape index (κ3) is 3.12. The maximum atomic E-state index is 5.41. The Labute approximate surface area is 112 Å². The van der Waals surface area contributed by atoms with Crippen LogP contribution in [-0.2, 0) is 0 Å². The van der Waals surface area contributed by atoms with Gasteiger partial charge in [0.1, 0.15) is 5.75 Å². The van der Waals surface area contributed by atoms with E-state index in [4.69, 9.17) is 9.47 Å². The molecule has 0 saturated carbocycles. The average Bonchev–Trinajstić information content (AvgIpc) is 2.40. The number of ether oxygens (including phenoxy) is 2. The molecule has 0 amide bonds. The molecule has 0 radical (unpaired) electrons. The van der Waals surface area contributed by atoms with E-state index >= 15 is 0 Å². The zero-order valence-corrected chi connectivity index (χ0v) is 12.0. The van der Waals surface area contributed by atoms with E-state index in [2.05, 4.69) is 30.3 Å². The van der Waals surface area contributed by atoms with E-state index in [-0.39, 0.29) is 21.2 Å². The number of benzene rings is 2. The van der Waals surface area contributed by atoms with Gasteiger partial charge >= 0.3 is 21.2 Å². The van der Waals surface area contributed by atoms with Crippen LogP contribution in [0.3, 0.4) is 0 Å². The normalized spacial score (nSPS) is 10.0. The largest absolute Gasteiger partial charge is 0.497 e. The summed E-state index contributed by atoms with van der Waals surface area (Å²) in [5.41, 5.74) is 0. The predicted octanol–water partition coefficient (Wildman–Crippen LogP) is -0.168. The Morgan fingerprint density at radius 2 is 1.65 bits per heavy atom. The van der Waals surface area contributed by atoms with Crippen LogP contribution in [0.2, 0.25) is 0 Å². The smallest absolute Gasteiger partial charge is 0.362 e. The third-order valence-electron chi connectivity index (χ3n) is 2.30. The molecule has 17 heavy (non-hydrogen) atoms. The van der Waals surface area contributed by atoms with Crippen molar-refractivity contribution in [2.45, 2.75) is 0 Å². The first-order valence-electron chi connectivity index (χ1n) is 5.25. The Balaban J connectivity index is 2.26. The van der Waals surface area contributed by atoms with Gasteiger partial charge in [0.05, 0.1) is 14.2 Å². The third-order valence-corrected chi connectivity index (χ3v) is 5.12. The van der Waals surface area contributed by atoms with Gasteiger partial charge < -0.3 is 9.47 Å². The van der Waals surface area contributed by atoms with Gasteiger partial charge in [-0.3, -0.25) is 0 Å². The molecule has 3 heteroatoms. The molecule has 0 unspecified atom stereocenters. The number of rotatable bonds is 4. The number of methoxy groups -OCH3 is 2. The monoisotopic (exact) mass is 341 g/mol. The van der Waals surface area contributed by atoms with Gasteiger partial charge in [0, 0.05) is 6.07 Å². The summed E-state index contributed by atoms with van der Waals surface area (Å²) in [7, 11) is 3.37. The van der Waals surface area contributed by atoms with Gasteiger partial charge in [-0.05, 0) is 24.3 Å². The van der Waals surface area contributed by atoms with E-state index in [0.717, 1.165) is 11.5 Å². The lowest BCUT2D eigenvalue weighted by molar-refractivity contribution is -0.598. The molecule has 0 N–H and O–H groups in total. The Morgan fingerprint density at radius 1 is 0.882 bits per heavy atom. The summed E-state index contributed by atoms with van der Waals surface area (Å²) in [6.45, 7) is 0. The second kappa shape index (κ2) is 5.91. The SMILES string of the molecule is COc1ccc([I+]c2ccccc2)c(OC)c1. The van der Waals surface area contributed by atoms with Crippen LogP contribution < -0.4 is 30.7 Å². The van der Waals surface area contributed by atoms with Gasteiger partial charge in [-0.25, -0.2) is 0 Å². The zero-order chi connectivity index (χ0) is 12.1. The second-order valence-corrected chi connectivity index (χ2v) is 6.34. The molecule has 0 aliphatic carbocycles. The first kappa shape index (κ1) is 12.2. The molecule has 0 heterocycles. The summed E-state index contributed by atoms with van der Waals surface area (Å²) in [6, 6.07) is 16.5. The molecular weight excluding hydrogens is 327 g/mol. The van der Waals surface area contributed by atoms with Gasteiger partial charge in [0.2, 0.25) is 3.57 Å². The van der Waals surface area contributed by atoms with Crippen molar-refractivity contribution in [1.82, 2.24) is 0 Å². The Bertz CT molecular complexity index is 483. The van der Waals surface area contributed by atoms with E-state index < -0.39 is 0 Å². The molecule has 0 bridgehead atoms. The quantitative estimate of drug-likeness (QED) is 0.720. The summed E-state index contributed by atoms with van der Waals surface area (Å²) < 4.78 is 13.3. The first-order valence-corrected chi connectivity index (χ1v) is 7.41. The molecule has 0 aromatic heterocycles. The minimum absolute atomic E-state index is 0.198. The van der Waals surface area contributed by atoms with Crippen LogP contribution in [0.1, 0.15) is 0 Å². The van der Waals surface area contributed by atoms with Gasteiger partial charge in [-0.2, -0.15) is 0 Å². The maximum Gasteiger partial charge on any atom is 0.362 e. The summed E-state index contributed by atoms with van der Waals surface area (Å²) in [5.74, 6) is 1.75. The van der Waals surface area contributed by atoms with Crippen molar-refractivity contribution in [3.8, 4) is 11.5 Å². The molecular formula is C14H14IO2+. The molecule has 0 saturated heterocycles. The highest BCUT2D eigenvalue weighted by Crippen LogP contribution is 2.18. The lowest BCUT2D eigenvalue weighted by Crippen LogP contribution is -3.61. The van der Waals surface area contributed by atoms with Gasteiger partial charge in [-0.1, -0.05) is 18.2 Å². The van der Waals surface area contributed by atoms with E-state index in [0.29, 0.717) is 0 Å². The highest BCUT2D eigenvalue weighted by atomic mass is 127. The molecule has 0 aliphatic rings. The lowest BCUT2D eigenvalue weighted by Gasteiger charge is -2.02. The van der Waals surface area contributed by atoms with Gasteiger partial charge in [-0.15, -0.1) is 0 Å². The van der Waals surface area contributed by atoms with E-state index in [1.165, 1.54) is 7.14 Å². The van der Waals surface area contributed by atoms with E-state index in [9.17, 15) is 0 Å². The van der Waals surface area contributed by atoms with Crippen molar-refractivity contribution >= 4 is 0 Å². The van der Waals surface area contributed by atoms with Crippen LogP contribution in [0.15, 0.2) is 48.5 Å². The molecule has 0 fully saturated rings. The fourth-order valence-corrected chi connectivity index (χ4v) is 3.89. The minimum Gasteiger partial charge on any atom is -0.497 e. The fraction of sp³-hybridized carbons (Fsp3) is 0.143. The van der Waals surface area contributed by atoms with Crippen molar-refractivity contribution in [1.29, 1.82) is 0 Å². The Hall–Kier alpha value is -1.23. The topological polar surface area (TPSA) is 18.5 Å². The van der Waals surface area contributed by atoms with E-state index in [1.54, 1.807) is 14.2 Å². The van der Waals surface area contributed by atoms with Crippen molar-refractivity contribution in [2.24, 2.45) is 0 Å². The summed E-state index contributed by atoms with van der Waals surface area (Å²) in [6.07, 6.45) is 0. The second-order valence-electron chi connectivity index (χ2n) is 3.39. The van der Waals surface area contributed by atoms with Crippen molar-refractivity contribution < 1.29 is 30.7 Å². The number of hydrogen-bond donors (Lipinski definition) is 0. The standard InChI is InChI=1S/C14H14IO2/c1-16-12-8-9-13(14(10-12)17-2)15-11-6-4-3-5-7-11/h3-10H,1-2H3/q+1. The van der Waals surface area contributed by atoms with Crippen molar-refractivity contribution in [3.05, 3.63) is 55.7 Å². The van der Waals surface area contributed by atoms with Gasteiger partial charge in [0.25, 0.3) is 0 Å². The van der Waals surface area contributed by atoms with E-state index in [1.807, 2.05) is 18.2 Å². The molecule has 0 spiro atoms. The molecule has 2 aromatic rings. The highest BCUT2D eigenvalue weighted by Gasteiger charge is 2.20. The average molecular weight is 341 g/mol. The molecule has 88 valence electrons. The Morgan fingerprint density at radius 3 is 2.29 bits per heavy atom. The zero-order valence-electron chi connectivity index (χ0n) is 9.81. The van der Waals surface area contributed by atoms with Crippen LogP contribution in [0.4, 0.5) is 0 Å². The van der Waals surface area contributed by atoms with Crippen LogP contribution in [-0.4, -0.2) is 14.2 Å². The van der Waals surface area contributed by atoms with Crippen molar-refractivity contribution in [3.63, 3.8) is 0 Å². The molecule has 2 aromatic carbocycles. The fourth-order valence-electron chi connectivity index (χ4n) is 1.44. The van der Waals surface area contributed by atoms with Crippen LogP contribution in [0.25, 0.3) is 0 Å². The summed E-state index contributed by atoms with van der Waals surface area (Å²) in [5, 5.41) is 0. The first-order chi connectivity index (χ1) is 8.33. The van der Waals surface area contributed by atoms with Crippen LogP contribution in [0.5, 0.6) is 11.5 Å². The molecule has 2 nitrogen and oxygen atoms in total. The van der Waals surface area contributed by atoms with Crippen molar-refractivity contribution in [2.75, 3.05) is 14.2 Å². The predicted molar refractivity (Wildman–Crippen MR) is 63.4 cm³/mol.